The smallest absolute Gasteiger partial charge is 0.194 e. The van der Waals surface area contributed by atoms with Gasteiger partial charge >= 0.3 is 0 Å². The van der Waals surface area contributed by atoms with Gasteiger partial charge in [0, 0.05) is 26.7 Å². The topological polar surface area (TPSA) is 43.1 Å². The predicted octanol–water partition coefficient (Wildman–Crippen LogP) is 3.88. The highest BCUT2D eigenvalue weighted by atomic mass is 35.5. The lowest BCUT2D eigenvalue weighted by molar-refractivity contribution is 0.103. The van der Waals surface area contributed by atoms with Crippen LogP contribution in [-0.2, 0) is 0 Å². The Morgan fingerprint density at radius 1 is 1.22 bits per heavy atom. The molecule has 2 aromatic rings. The summed E-state index contributed by atoms with van der Waals surface area (Å²) in [5.41, 5.74) is 7.46. The number of anilines is 1. The normalized spacial score (nSPS) is 10.3. The first kappa shape index (κ1) is 13.0. The third-order valence-corrected chi connectivity index (χ3v) is 3.59. The van der Waals surface area contributed by atoms with Gasteiger partial charge in [0.05, 0.1) is 0 Å². The fourth-order valence-electron chi connectivity index (χ4n) is 1.69. The van der Waals surface area contributed by atoms with Gasteiger partial charge in [-0.3, -0.25) is 4.79 Å². The molecule has 92 valence electrons. The van der Waals surface area contributed by atoms with E-state index in [1.807, 2.05) is 12.3 Å². The number of hydrogen-bond donors (Lipinski definition) is 1. The van der Waals surface area contributed by atoms with Crippen molar-refractivity contribution in [3.8, 4) is 0 Å². The van der Waals surface area contributed by atoms with Crippen molar-refractivity contribution in [2.24, 2.45) is 0 Å². The van der Waals surface area contributed by atoms with E-state index >= 15 is 0 Å². The number of carbonyl (C=O) groups excluding carboxylic acids is 1. The van der Waals surface area contributed by atoms with Gasteiger partial charge in [0.15, 0.2) is 5.78 Å². The Bertz CT molecular complexity index is 598. The number of ketones is 1. The van der Waals surface area contributed by atoms with E-state index in [4.69, 9.17) is 17.3 Å². The maximum absolute atomic E-state index is 12.4. The molecule has 2 aromatic carbocycles. The fourth-order valence-corrected chi connectivity index (χ4v) is 2.44. The van der Waals surface area contributed by atoms with E-state index in [0.29, 0.717) is 21.8 Å². The highest BCUT2D eigenvalue weighted by molar-refractivity contribution is 7.98. The van der Waals surface area contributed by atoms with Crippen molar-refractivity contribution in [1.29, 1.82) is 0 Å². The van der Waals surface area contributed by atoms with Crippen molar-refractivity contribution < 1.29 is 4.79 Å². The van der Waals surface area contributed by atoms with Gasteiger partial charge in [0.25, 0.3) is 0 Å². The molecule has 2 nitrogen and oxygen atoms in total. The summed E-state index contributed by atoms with van der Waals surface area (Å²) in [4.78, 5) is 13.3. The Labute approximate surface area is 115 Å². The van der Waals surface area contributed by atoms with E-state index < -0.39 is 0 Å². The lowest BCUT2D eigenvalue weighted by Gasteiger charge is -2.07. The molecule has 0 aliphatic heterocycles. The number of thioether (sulfide) groups is 1. The minimum absolute atomic E-state index is 0.0610. The van der Waals surface area contributed by atoms with Crippen LogP contribution < -0.4 is 5.73 Å². The minimum atomic E-state index is -0.0610. The molecule has 0 spiro atoms. The molecule has 0 aliphatic rings. The summed E-state index contributed by atoms with van der Waals surface area (Å²) < 4.78 is 0. The van der Waals surface area contributed by atoms with Gasteiger partial charge in [-0.25, -0.2) is 0 Å². The van der Waals surface area contributed by atoms with Crippen LogP contribution in [0.5, 0.6) is 0 Å². The molecule has 0 aliphatic carbocycles. The lowest BCUT2D eigenvalue weighted by atomic mass is 10.0. The number of hydrogen-bond acceptors (Lipinski definition) is 3. The molecule has 0 saturated heterocycles. The SMILES string of the molecule is CSc1ccc(Cl)cc1C(=O)c1cccc(N)c1. The maximum Gasteiger partial charge on any atom is 0.194 e. The number of benzene rings is 2. The van der Waals surface area contributed by atoms with Gasteiger partial charge < -0.3 is 5.73 Å². The Balaban J connectivity index is 2.48. The van der Waals surface area contributed by atoms with Crippen LogP contribution >= 0.6 is 23.4 Å². The molecule has 0 amide bonds. The van der Waals surface area contributed by atoms with Gasteiger partial charge in [0.2, 0.25) is 0 Å². The maximum atomic E-state index is 12.4. The zero-order valence-corrected chi connectivity index (χ0v) is 11.4. The van der Waals surface area contributed by atoms with E-state index in [2.05, 4.69) is 0 Å². The molecule has 0 unspecified atom stereocenters. The Kier molecular flexibility index (Phi) is 3.94. The van der Waals surface area contributed by atoms with Gasteiger partial charge in [-0.2, -0.15) is 0 Å². The van der Waals surface area contributed by atoms with Crippen LogP contribution in [0.4, 0.5) is 5.69 Å². The van der Waals surface area contributed by atoms with E-state index in [-0.39, 0.29) is 5.78 Å². The molecule has 0 atom stereocenters. The molecule has 0 heterocycles. The second-order valence-electron chi connectivity index (χ2n) is 3.80. The number of rotatable bonds is 3. The predicted molar refractivity (Wildman–Crippen MR) is 77.5 cm³/mol. The van der Waals surface area contributed by atoms with Crippen LogP contribution in [0.15, 0.2) is 47.4 Å². The summed E-state index contributed by atoms with van der Waals surface area (Å²) in [7, 11) is 0. The van der Waals surface area contributed by atoms with Crippen molar-refractivity contribution in [1.82, 2.24) is 0 Å². The van der Waals surface area contributed by atoms with Crippen molar-refractivity contribution in [3.63, 3.8) is 0 Å². The van der Waals surface area contributed by atoms with Crippen molar-refractivity contribution in [2.75, 3.05) is 12.0 Å². The van der Waals surface area contributed by atoms with Gasteiger partial charge in [0.1, 0.15) is 0 Å². The largest absolute Gasteiger partial charge is 0.399 e. The van der Waals surface area contributed by atoms with Crippen molar-refractivity contribution in [2.45, 2.75) is 4.90 Å². The van der Waals surface area contributed by atoms with E-state index in [0.717, 1.165) is 4.90 Å². The Morgan fingerprint density at radius 3 is 2.67 bits per heavy atom. The highest BCUT2D eigenvalue weighted by Gasteiger charge is 2.14. The van der Waals surface area contributed by atoms with Crippen LogP contribution in [0.2, 0.25) is 5.02 Å². The third-order valence-electron chi connectivity index (χ3n) is 2.55. The monoisotopic (exact) mass is 277 g/mol. The first-order valence-electron chi connectivity index (χ1n) is 5.35. The third kappa shape index (κ3) is 2.68. The zero-order valence-electron chi connectivity index (χ0n) is 9.81. The van der Waals surface area contributed by atoms with Crippen molar-refractivity contribution in [3.05, 3.63) is 58.6 Å². The van der Waals surface area contributed by atoms with Crippen LogP contribution in [-0.4, -0.2) is 12.0 Å². The average molecular weight is 278 g/mol. The second kappa shape index (κ2) is 5.46. The Hall–Kier alpha value is -1.45. The second-order valence-corrected chi connectivity index (χ2v) is 5.08. The first-order valence-corrected chi connectivity index (χ1v) is 6.96. The summed E-state index contributed by atoms with van der Waals surface area (Å²) in [6.07, 6.45) is 1.93. The van der Waals surface area contributed by atoms with Crippen LogP contribution in [0.25, 0.3) is 0 Å². The fraction of sp³-hybridized carbons (Fsp3) is 0.0714. The standard InChI is InChI=1S/C14H12ClNOS/c1-18-13-6-5-10(15)8-12(13)14(17)9-3-2-4-11(16)7-9/h2-8H,16H2,1H3. The molecule has 0 fully saturated rings. The van der Waals surface area contributed by atoms with Crippen molar-refractivity contribution >= 4 is 34.8 Å². The molecule has 0 aromatic heterocycles. The molecular weight excluding hydrogens is 266 g/mol. The molecular formula is C14H12ClNOS. The van der Waals surface area contributed by atoms with Crippen LogP contribution in [0, 0.1) is 0 Å². The number of halogens is 1. The lowest BCUT2D eigenvalue weighted by Crippen LogP contribution is -2.03. The number of nitrogens with two attached hydrogens (primary N) is 1. The summed E-state index contributed by atoms with van der Waals surface area (Å²) in [5, 5.41) is 0.556. The molecule has 2 rings (SSSR count). The quantitative estimate of drug-likeness (QED) is 0.526. The molecule has 2 N–H and O–H groups in total. The van der Waals surface area contributed by atoms with E-state index in [9.17, 15) is 4.79 Å². The van der Waals surface area contributed by atoms with Gasteiger partial charge in [-0.1, -0.05) is 23.7 Å². The first-order chi connectivity index (χ1) is 8.61. The molecule has 0 bridgehead atoms. The zero-order chi connectivity index (χ0) is 13.1. The molecule has 0 radical (unpaired) electrons. The summed E-state index contributed by atoms with van der Waals surface area (Å²) >= 11 is 7.47. The van der Waals surface area contributed by atoms with E-state index in [1.54, 1.807) is 36.4 Å². The average Bonchev–Trinajstić information content (AvgIpc) is 2.38. The van der Waals surface area contributed by atoms with Crippen LogP contribution in [0.1, 0.15) is 15.9 Å². The summed E-state index contributed by atoms with van der Waals surface area (Å²) in [5.74, 6) is -0.0610. The summed E-state index contributed by atoms with van der Waals surface area (Å²) in [6, 6.07) is 12.3. The molecule has 4 heteroatoms. The molecule has 18 heavy (non-hydrogen) atoms. The number of nitrogen functional groups attached to an aromatic ring is 1. The van der Waals surface area contributed by atoms with Crippen LogP contribution in [0.3, 0.4) is 0 Å². The Morgan fingerprint density at radius 2 is 2.00 bits per heavy atom. The minimum Gasteiger partial charge on any atom is -0.399 e. The highest BCUT2D eigenvalue weighted by Crippen LogP contribution is 2.26. The van der Waals surface area contributed by atoms with Gasteiger partial charge in [-0.05, 0) is 36.6 Å². The van der Waals surface area contributed by atoms with Gasteiger partial charge in [-0.15, -0.1) is 11.8 Å². The molecule has 0 saturated carbocycles. The number of carbonyl (C=O) groups is 1. The van der Waals surface area contributed by atoms with E-state index in [1.165, 1.54) is 11.8 Å². The summed E-state index contributed by atoms with van der Waals surface area (Å²) in [6.45, 7) is 0.